The van der Waals surface area contributed by atoms with Crippen LogP contribution in [0.2, 0.25) is 0 Å². The third-order valence-corrected chi connectivity index (χ3v) is 7.30. The minimum absolute atomic E-state index is 0.0430. The number of hydrogen-bond acceptors (Lipinski definition) is 2. The van der Waals surface area contributed by atoms with Gasteiger partial charge in [-0.15, -0.1) is 0 Å². The topological polar surface area (TPSA) is 50.2 Å². The van der Waals surface area contributed by atoms with E-state index in [2.05, 4.69) is 62.5 Å². The summed E-state index contributed by atoms with van der Waals surface area (Å²) in [7, 11) is 0. The Kier molecular flexibility index (Phi) is 5.21. The van der Waals surface area contributed by atoms with Crippen molar-refractivity contribution in [1.29, 1.82) is 0 Å². The standard InChI is InChI=1S/C23H25NO2Se/c1-15-12-17-18(23(4,5)10-9-22(17,2)3)13-20(15)27-11-8-16-6-7-19(21(25)26)24-14-16/h6-7,12-14H,9-10H2,1-5H3,(H,25,26). The molecule has 0 unspecified atom stereocenters. The average molecular weight is 426 g/mol. The van der Waals surface area contributed by atoms with Crippen molar-refractivity contribution in [3.8, 4) is 10.7 Å². The molecule has 27 heavy (non-hydrogen) atoms. The molecule has 0 saturated heterocycles. The van der Waals surface area contributed by atoms with E-state index in [0.717, 1.165) is 5.56 Å². The summed E-state index contributed by atoms with van der Waals surface area (Å²) >= 11 is 0.0439. The fourth-order valence-electron chi connectivity index (χ4n) is 3.55. The van der Waals surface area contributed by atoms with E-state index in [-0.39, 0.29) is 31.5 Å². The van der Waals surface area contributed by atoms with Crippen LogP contribution in [0.5, 0.6) is 0 Å². The summed E-state index contributed by atoms with van der Waals surface area (Å²) in [6.45, 7) is 11.6. The average Bonchev–Trinajstić information content (AvgIpc) is 2.60. The van der Waals surface area contributed by atoms with E-state index in [1.54, 1.807) is 6.07 Å². The SMILES string of the molecule is Cc1cc2c(cc1[Se]C#Cc1ccc(C(=O)O)nc1)C(C)(C)CCC2(C)C. The zero-order chi connectivity index (χ0) is 19.8. The number of rotatable bonds is 2. The third-order valence-electron chi connectivity index (χ3n) is 5.49. The van der Waals surface area contributed by atoms with Gasteiger partial charge in [-0.25, -0.2) is 0 Å². The molecule has 3 nitrogen and oxygen atoms in total. The van der Waals surface area contributed by atoms with E-state index in [1.165, 1.54) is 46.3 Å². The summed E-state index contributed by atoms with van der Waals surface area (Å²) in [6, 6.07) is 7.96. The molecule has 1 heterocycles. The number of nitrogens with zero attached hydrogens (tertiary/aromatic N) is 1. The van der Waals surface area contributed by atoms with Gasteiger partial charge in [-0.3, -0.25) is 0 Å². The number of hydrogen-bond donors (Lipinski definition) is 1. The molecule has 1 aliphatic rings. The maximum atomic E-state index is 10.9. The Morgan fingerprint density at radius 3 is 2.30 bits per heavy atom. The predicted molar refractivity (Wildman–Crippen MR) is 110 cm³/mol. The molecule has 0 aliphatic heterocycles. The van der Waals surface area contributed by atoms with Gasteiger partial charge < -0.3 is 0 Å². The van der Waals surface area contributed by atoms with Crippen LogP contribution in [0.25, 0.3) is 0 Å². The molecule has 1 aliphatic carbocycles. The Balaban J connectivity index is 1.88. The van der Waals surface area contributed by atoms with Crippen molar-refractivity contribution >= 4 is 25.4 Å². The number of aryl methyl sites for hydroxylation is 1. The van der Waals surface area contributed by atoms with E-state index in [4.69, 9.17) is 5.11 Å². The molecule has 0 radical (unpaired) electrons. The first-order chi connectivity index (χ1) is 12.6. The van der Waals surface area contributed by atoms with Gasteiger partial charge in [0.05, 0.1) is 0 Å². The molecular formula is C23H25NO2Se. The summed E-state index contributed by atoms with van der Waals surface area (Å²) in [5, 5.41) is 8.91. The molecule has 1 N–H and O–H groups in total. The molecule has 1 aromatic carbocycles. The number of benzene rings is 1. The van der Waals surface area contributed by atoms with Crippen LogP contribution in [0, 0.1) is 17.7 Å². The van der Waals surface area contributed by atoms with Gasteiger partial charge in [0.25, 0.3) is 0 Å². The summed E-state index contributed by atoms with van der Waals surface area (Å²) in [5.41, 5.74) is 5.49. The van der Waals surface area contributed by atoms with Crippen LogP contribution in [0.1, 0.15) is 73.3 Å². The number of carbonyl (C=O) groups is 1. The van der Waals surface area contributed by atoms with Gasteiger partial charge in [-0.1, -0.05) is 0 Å². The second kappa shape index (κ2) is 7.15. The van der Waals surface area contributed by atoms with Crippen LogP contribution in [0.3, 0.4) is 0 Å². The van der Waals surface area contributed by atoms with Crippen LogP contribution >= 0.6 is 0 Å². The van der Waals surface area contributed by atoms with Gasteiger partial charge in [0.2, 0.25) is 0 Å². The quantitative estimate of drug-likeness (QED) is 0.588. The monoisotopic (exact) mass is 427 g/mol. The van der Waals surface area contributed by atoms with Crippen molar-refractivity contribution in [2.75, 3.05) is 0 Å². The van der Waals surface area contributed by atoms with Crippen molar-refractivity contribution in [2.45, 2.75) is 58.3 Å². The second-order valence-electron chi connectivity index (χ2n) is 8.50. The number of aromatic carboxylic acids is 1. The number of aromatic nitrogens is 1. The van der Waals surface area contributed by atoms with Gasteiger partial charge in [0.1, 0.15) is 0 Å². The van der Waals surface area contributed by atoms with Crippen molar-refractivity contribution in [3.05, 3.63) is 58.4 Å². The molecule has 4 heteroatoms. The minimum atomic E-state index is -1.02. The van der Waals surface area contributed by atoms with E-state index in [1.807, 2.05) is 0 Å². The number of fused-ring (bicyclic) bond motifs is 1. The third kappa shape index (κ3) is 4.10. The van der Waals surface area contributed by atoms with Crippen LogP contribution in [-0.4, -0.2) is 31.0 Å². The van der Waals surface area contributed by atoms with Crippen molar-refractivity contribution < 1.29 is 9.90 Å². The summed E-state index contributed by atoms with van der Waals surface area (Å²) in [5.74, 6) is 2.11. The van der Waals surface area contributed by atoms with Gasteiger partial charge in [-0.2, -0.15) is 0 Å². The first-order valence-corrected chi connectivity index (χ1v) is 10.8. The van der Waals surface area contributed by atoms with Crippen molar-refractivity contribution in [2.24, 2.45) is 0 Å². The van der Waals surface area contributed by atoms with Gasteiger partial charge in [0.15, 0.2) is 0 Å². The molecule has 1 aromatic heterocycles. The van der Waals surface area contributed by atoms with Crippen molar-refractivity contribution in [1.82, 2.24) is 4.98 Å². The Bertz CT molecular complexity index is 947. The van der Waals surface area contributed by atoms with Crippen LogP contribution in [-0.2, 0) is 10.8 Å². The molecule has 0 fully saturated rings. The molecule has 140 valence electrons. The number of carboxylic acids is 1. The Labute approximate surface area is 167 Å². The molecule has 0 saturated carbocycles. The van der Waals surface area contributed by atoms with Crippen LogP contribution < -0.4 is 4.46 Å². The molecule has 0 bridgehead atoms. The Hall–Kier alpha value is -2.08. The molecule has 0 spiro atoms. The van der Waals surface area contributed by atoms with E-state index >= 15 is 0 Å². The van der Waals surface area contributed by atoms with Crippen molar-refractivity contribution in [3.63, 3.8) is 0 Å². The first kappa shape index (κ1) is 19.7. The van der Waals surface area contributed by atoms with Crippen LogP contribution in [0.15, 0.2) is 30.5 Å². The van der Waals surface area contributed by atoms with E-state index in [9.17, 15) is 4.79 Å². The van der Waals surface area contributed by atoms with Gasteiger partial charge in [-0.05, 0) is 0 Å². The molecule has 3 rings (SSSR count). The van der Waals surface area contributed by atoms with Crippen LogP contribution in [0.4, 0.5) is 0 Å². The summed E-state index contributed by atoms with van der Waals surface area (Å²) < 4.78 is 1.33. The van der Waals surface area contributed by atoms with E-state index in [0.29, 0.717) is 0 Å². The molecule has 0 amide bonds. The zero-order valence-electron chi connectivity index (χ0n) is 16.5. The fourth-order valence-corrected chi connectivity index (χ4v) is 4.96. The fraction of sp³-hybridized carbons (Fsp3) is 0.391. The predicted octanol–water partition coefficient (Wildman–Crippen LogP) is 3.78. The Morgan fingerprint density at radius 2 is 1.74 bits per heavy atom. The Morgan fingerprint density at radius 1 is 1.11 bits per heavy atom. The molecule has 2 aromatic rings. The first-order valence-electron chi connectivity index (χ1n) is 9.13. The number of pyridine rings is 1. The maximum absolute atomic E-state index is 10.9. The molecule has 0 atom stereocenters. The number of carboxylic acid groups (broad SMARTS) is 1. The summed E-state index contributed by atoms with van der Waals surface area (Å²) in [4.78, 5) is 18.1. The summed E-state index contributed by atoms with van der Waals surface area (Å²) in [6.07, 6.45) is 3.95. The van der Waals surface area contributed by atoms with Gasteiger partial charge in [0, 0.05) is 0 Å². The van der Waals surface area contributed by atoms with E-state index < -0.39 is 5.97 Å². The van der Waals surface area contributed by atoms with Gasteiger partial charge >= 0.3 is 168 Å². The second-order valence-corrected chi connectivity index (χ2v) is 10.3. The molecular weight excluding hydrogens is 401 g/mol. The zero-order valence-corrected chi connectivity index (χ0v) is 18.2. The normalized spacial score (nSPS) is 16.8.